The highest BCUT2D eigenvalue weighted by Gasteiger charge is 2.30. The van der Waals surface area contributed by atoms with Crippen molar-refractivity contribution >= 4 is 5.71 Å². The molecule has 0 radical (unpaired) electrons. The van der Waals surface area contributed by atoms with E-state index in [0.717, 1.165) is 50.3 Å². The molecule has 0 bridgehead atoms. The third-order valence-corrected chi connectivity index (χ3v) is 9.45. The second kappa shape index (κ2) is 27.7. The number of oxime groups is 1. The number of ether oxygens (including phenoxy) is 1. The topological polar surface area (TPSA) is 37.3 Å². The van der Waals surface area contributed by atoms with Crippen LogP contribution in [0.4, 0.5) is 0 Å². The molecule has 0 aromatic carbocycles. The van der Waals surface area contributed by atoms with Crippen molar-refractivity contribution in [1.82, 2.24) is 9.80 Å². The molecule has 2 aliphatic rings. The Balaban J connectivity index is -0.000000610. The zero-order chi connectivity index (χ0) is 38.3. The summed E-state index contributed by atoms with van der Waals surface area (Å²) in [6, 6.07) is 0.738. The smallest absolute Gasteiger partial charge is 0.129 e. The number of hydrogen-bond donors (Lipinski definition) is 0. The van der Waals surface area contributed by atoms with Crippen LogP contribution in [0.1, 0.15) is 195 Å². The van der Waals surface area contributed by atoms with Crippen molar-refractivity contribution in [2.24, 2.45) is 27.3 Å². The number of rotatable bonds is 14. The van der Waals surface area contributed by atoms with Crippen LogP contribution in [-0.2, 0) is 9.57 Å². The predicted molar refractivity (Wildman–Crippen MR) is 228 cm³/mol. The van der Waals surface area contributed by atoms with Gasteiger partial charge in [0.25, 0.3) is 0 Å². The van der Waals surface area contributed by atoms with E-state index in [9.17, 15) is 0 Å². The Hall–Kier alpha value is -0.910. The van der Waals surface area contributed by atoms with Gasteiger partial charge in [-0.15, -0.1) is 6.58 Å². The Bertz CT molecular complexity index is 830. The first-order valence-electron chi connectivity index (χ1n) is 20.2. The maximum atomic E-state index is 5.74. The maximum absolute atomic E-state index is 5.74. The fourth-order valence-electron chi connectivity index (χ4n) is 5.20. The van der Waals surface area contributed by atoms with Gasteiger partial charge in [0.2, 0.25) is 0 Å². The van der Waals surface area contributed by atoms with Gasteiger partial charge in [-0.1, -0.05) is 101 Å². The Morgan fingerprint density at radius 1 is 0.820 bits per heavy atom. The van der Waals surface area contributed by atoms with Gasteiger partial charge in [0.15, 0.2) is 0 Å². The molecular weight excluding hydrogens is 615 g/mol. The number of piperidine rings is 1. The molecule has 2 rings (SSSR count). The van der Waals surface area contributed by atoms with Gasteiger partial charge in [-0.3, -0.25) is 4.90 Å². The highest BCUT2D eigenvalue weighted by molar-refractivity contribution is 5.81. The first kappa shape index (κ1) is 53.4. The Morgan fingerprint density at radius 2 is 1.34 bits per heavy atom. The fourth-order valence-corrected chi connectivity index (χ4v) is 5.20. The van der Waals surface area contributed by atoms with Crippen LogP contribution >= 0.6 is 0 Å². The van der Waals surface area contributed by atoms with Crippen molar-refractivity contribution in [2.45, 2.75) is 206 Å². The summed E-state index contributed by atoms with van der Waals surface area (Å²) >= 11 is 0. The zero-order valence-electron chi connectivity index (χ0n) is 36.7. The molecule has 2 heterocycles. The van der Waals surface area contributed by atoms with E-state index in [2.05, 4.69) is 139 Å². The van der Waals surface area contributed by atoms with Crippen molar-refractivity contribution < 1.29 is 9.57 Å². The summed E-state index contributed by atoms with van der Waals surface area (Å²) in [5, 5.41) is 4.20. The van der Waals surface area contributed by atoms with Gasteiger partial charge in [-0.25, -0.2) is 0 Å². The van der Waals surface area contributed by atoms with Gasteiger partial charge in [0, 0.05) is 19.2 Å². The number of hydrogen-bond acceptors (Lipinski definition) is 5. The lowest BCUT2D eigenvalue weighted by Gasteiger charge is -2.27. The van der Waals surface area contributed by atoms with E-state index in [1.54, 1.807) is 0 Å². The first-order valence-corrected chi connectivity index (χ1v) is 20.2. The first-order chi connectivity index (χ1) is 22.3. The average Bonchev–Trinajstić information content (AvgIpc) is 3.42. The Kier molecular flexibility index (Phi) is 29.6. The summed E-state index contributed by atoms with van der Waals surface area (Å²) in [6.07, 6.45) is 16.4. The predicted octanol–water partition coefficient (Wildman–Crippen LogP) is 13.5. The molecule has 2 unspecified atom stereocenters. The number of allylic oxidation sites excluding steroid dienone is 1. The summed E-state index contributed by atoms with van der Waals surface area (Å²) in [7, 11) is 4.29. The Morgan fingerprint density at radius 3 is 1.74 bits per heavy atom. The van der Waals surface area contributed by atoms with Crippen LogP contribution in [0.25, 0.3) is 0 Å². The fraction of sp³-hybridized carbons (Fsp3) is 0.933. The third kappa shape index (κ3) is 38.3. The third-order valence-electron chi connectivity index (χ3n) is 9.45. The van der Waals surface area contributed by atoms with E-state index < -0.39 is 0 Å². The van der Waals surface area contributed by atoms with Gasteiger partial charge < -0.3 is 14.5 Å². The summed E-state index contributed by atoms with van der Waals surface area (Å²) in [5.74, 6) is 0.849. The second-order valence-electron chi connectivity index (χ2n) is 19.9. The van der Waals surface area contributed by atoms with Gasteiger partial charge in [-0.05, 0) is 154 Å². The standard InChI is InChI=1S/C15H30N2O.C11H22O.C9H21N.C9H18.CH4/c1-14(8-9-15(2,3)4)16-18-13-12-17-10-6-5-7-11-17;1-10(2,3)7-8-11(4)6-5-9-12-11;1-8(2)6-7-9(3)10(4)5;1-8(2)6-7-9(3,4)5;/h5-13H2,1-4H3;5-9H2,1-4H3;8-9H,6-7H2,1-5H3;1,6-7H2,2-5H3;1H4/b16-14-;;;;. The molecular formula is C45H95N3O2. The zero-order valence-corrected chi connectivity index (χ0v) is 36.7. The minimum atomic E-state index is 0. The molecule has 0 amide bonds. The minimum absolute atomic E-state index is 0. The van der Waals surface area contributed by atoms with E-state index in [1.165, 1.54) is 89.3 Å². The minimum Gasteiger partial charge on any atom is -0.394 e. The molecule has 5 heteroatoms. The molecule has 2 fully saturated rings. The molecule has 0 N–H and O–H groups in total. The van der Waals surface area contributed by atoms with Gasteiger partial charge >= 0.3 is 0 Å². The summed E-state index contributed by atoms with van der Waals surface area (Å²) in [4.78, 5) is 10.2. The Labute approximate surface area is 317 Å². The normalized spacial score (nSPS) is 19.3. The van der Waals surface area contributed by atoms with Crippen LogP contribution in [0, 0.1) is 22.2 Å². The lowest BCUT2D eigenvalue weighted by atomic mass is 9.84. The SMILES string of the molecule is C.C/C(CCC(C)(C)C)=N/OCCN1CCCCC1.C=C(C)CCC(C)(C)C.CC(C)(C)CCC1(C)CCCO1.CC(C)CCC(C)N(C)C. The van der Waals surface area contributed by atoms with Gasteiger partial charge in [0.1, 0.15) is 6.61 Å². The van der Waals surface area contributed by atoms with Crippen LogP contribution in [0.3, 0.4) is 0 Å². The molecule has 302 valence electrons. The van der Waals surface area contributed by atoms with Gasteiger partial charge in [-0.2, -0.15) is 0 Å². The lowest BCUT2D eigenvalue weighted by molar-refractivity contribution is 0.00512. The maximum Gasteiger partial charge on any atom is 0.129 e. The molecule has 2 saturated heterocycles. The molecule has 0 aromatic heterocycles. The van der Waals surface area contributed by atoms with E-state index in [-0.39, 0.29) is 13.0 Å². The van der Waals surface area contributed by atoms with Crippen LogP contribution in [0.2, 0.25) is 0 Å². The van der Waals surface area contributed by atoms with Gasteiger partial charge in [0.05, 0.1) is 11.3 Å². The highest BCUT2D eigenvalue weighted by Crippen LogP contribution is 2.34. The van der Waals surface area contributed by atoms with Crippen molar-refractivity contribution in [3.05, 3.63) is 12.2 Å². The van der Waals surface area contributed by atoms with E-state index in [1.807, 2.05) is 0 Å². The quantitative estimate of drug-likeness (QED) is 0.0779. The highest BCUT2D eigenvalue weighted by atomic mass is 16.6. The molecule has 0 saturated carbocycles. The summed E-state index contributed by atoms with van der Waals surface area (Å²) in [6.45, 7) is 42.8. The van der Waals surface area contributed by atoms with Crippen molar-refractivity contribution in [1.29, 1.82) is 0 Å². The average molecular weight is 710 g/mol. The van der Waals surface area contributed by atoms with E-state index >= 15 is 0 Å². The molecule has 0 aliphatic carbocycles. The second-order valence-corrected chi connectivity index (χ2v) is 19.9. The van der Waals surface area contributed by atoms with E-state index in [4.69, 9.17) is 9.57 Å². The summed E-state index contributed by atoms with van der Waals surface area (Å²) < 4.78 is 5.74. The molecule has 0 aromatic rings. The molecule has 2 atom stereocenters. The van der Waals surface area contributed by atoms with Crippen LogP contribution in [0.5, 0.6) is 0 Å². The molecule has 50 heavy (non-hydrogen) atoms. The number of likely N-dealkylation sites (tertiary alicyclic amines) is 1. The molecule has 5 nitrogen and oxygen atoms in total. The van der Waals surface area contributed by atoms with Crippen LogP contribution < -0.4 is 0 Å². The van der Waals surface area contributed by atoms with Crippen molar-refractivity contribution in [3.8, 4) is 0 Å². The monoisotopic (exact) mass is 710 g/mol. The number of nitrogens with zero attached hydrogens (tertiary/aromatic N) is 3. The van der Waals surface area contributed by atoms with Crippen molar-refractivity contribution in [2.75, 3.05) is 46.9 Å². The van der Waals surface area contributed by atoms with E-state index in [0.29, 0.717) is 16.2 Å². The van der Waals surface area contributed by atoms with Crippen LogP contribution in [0.15, 0.2) is 17.3 Å². The van der Waals surface area contributed by atoms with Crippen molar-refractivity contribution in [3.63, 3.8) is 0 Å². The summed E-state index contributed by atoms with van der Waals surface area (Å²) in [5.41, 5.74) is 3.92. The lowest BCUT2D eigenvalue weighted by Crippen LogP contribution is -2.32. The molecule has 2 aliphatic heterocycles. The van der Waals surface area contributed by atoms with Crippen LogP contribution in [-0.4, -0.2) is 74.1 Å². The largest absolute Gasteiger partial charge is 0.394 e. The molecule has 0 spiro atoms.